The number of hydrogen-bond acceptors (Lipinski definition) is 3. The lowest BCUT2D eigenvalue weighted by Gasteiger charge is -2.37. The normalized spacial score (nSPS) is 22.7. The molecule has 2 aliphatic heterocycles. The monoisotopic (exact) mass is 317 g/mol. The molecule has 0 radical (unpaired) electrons. The van der Waals surface area contributed by atoms with Crippen LogP contribution in [0.2, 0.25) is 0 Å². The fraction of sp³-hybridized carbons (Fsp3) is 0.611. The molecule has 1 aromatic heterocycles. The van der Waals surface area contributed by atoms with Gasteiger partial charge in [0.15, 0.2) is 0 Å². The van der Waals surface area contributed by atoms with Crippen LogP contribution in [0.15, 0.2) is 23.8 Å². The van der Waals surface area contributed by atoms with Gasteiger partial charge >= 0.3 is 0 Å². The lowest BCUT2D eigenvalue weighted by atomic mass is 9.98. The van der Waals surface area contributed by atoms with Gasteiger partial charge in [0.2, 0.25) is 0 Å². The first-order chi connectivity index (χ1) is 11.2. The Bertz CT molecular complexity index is 591. The number of amides is 1. The van der Waals surface area contributed by atoms with E-state index < -0.39 is 0 Å². The molecule has 1 atom stereocenters. The largest absolute Gasteiger partial charge is 0.377 e. The molecule has 1 aromatic rings. The third-order valence-corrected chi connectivity index (χ3v) is 4.96. The molecule has 3 rings (SSSR count). The van der Waals surface area contributed by atoms with Gasteiger partial charge in [-0.15, -0.1) is 0 Å². The van der Waals surface area contributed by atoms with E-state index in [-0.39, 0.29) is 5.91 Å². The van der Waals surface area contributed by atoms with Crippen molar-refractivity contribution in [3.05, 3.63) is 35.2 Å². The number of likely N-dealkylation sites (tertiary alicyclic amines) is 1. The van der Waals surface area contributed by atoms with Gasteiger partial charge in [-0.05, 0) is 43.5 Å². The van der Waals surface area contributed by atoms with Crippen molar-refractivity contribution in [2.24, 2.45) is 7.05 Å². The van der Waals surface area contributed by atoms with Gasteiger partial charge in [-0.25, -0.2) is 0 Å². The summed E-state index contributed by atoms with van der Waals surface area (Å²) in [5, 5.41) is 2.72. The maximum absolute atomic E-state index is 12.0. The molecule has 0 aromatic carbocycles. The van der Waals surface area contributed by atoms with Crippen LogP contribution in [0.1, 0.15) is 47.9 Å². The van der Waals surface area contributed by atoms with Crippen LogP contribution in [0, 0.1) is 0 Å². The van der Waals surface area contributed by atoms with Crippen molar-refractivity contribution >= 4 is 5.91 Å². The molecule has 126 valence electrons. The number of piperidine rings is 1. The van der Waals surface area contributed by atoms with Crippen LogP contribution in [-0.4, -0.2) is 48.7 Å². The van der Waals surface area contributed by atoms with E-state index in [9.17, 15) is 4.79 Å². The summed E-state index contributed by atoms with van der Waals surface area (Å²) < 4.78 is 7.63. The van der Waals surface area contributed by atoms with Crippen molar-refractivity contribution in [2.75, 3.05) is 33.4 Å². The van der Waals surface area contributed by atoms with E-state index in [0.717, 1.165) is 44.8 Å². The number of rotatable bonds is 4. The van der Waals surface area contributed by atoms with Crippen LogP contribution in [0.3, 0.4) is 0 Å². The second-order valence-corrected chi connectivity index (χ2v) is 6.47. The zero-order chi connectivity index (χ0) is 16.2. The van der Waals surface area contributed by atoms with Gasteiger partial charge in [-0.2, -0.15) is 0 Å². The van der Waals surface area contributed by atoms with Crippen molar-refractivity contribution in [1.82, 2.24) is 14.8 Å². The fourth-order valence-corrected chi connectivity index (χ4v) is 3.71. The minimum absolute atomic E-state index is 0.0236. The summed E-state index contributed by atoms with van der Waals surface area (Å²) >= 11 is 0. The molecule has 5 heteroatoms. The molecule has 5 nitrogen and oxygen atoms in total. The predicted octanol–water partition coefficient (Wildman–Crippen LogP) is 2.26. The van der Waals surface area contributed by atoms with E-state index in [4.69, 9.17) is 4.74 Å². The van der Waals surface area contributed by atoms with Crippen molar-refractivity contribution < 1.29 is 9.53 Å². The van der Waals surface area contributed by atoms with E-state index in [2.05, 4.69) is 22.4 Å². The predicted molar refractivity (Wildman–Crippen MR) is 90.5 cm³/mol. The lowest BCUT2D eigenvalue weighted by Crippen LogP contribution is -2.37. The molecule has 0 saturated carbocycles. The van der Waals surface area contributed by atoms with Gasteiger partial charge in [0, 0.05) is 26.3 Å². The number of nitrogens with zero attached hydrogens (tertiary/aromatic N) is 2. The first kappa shape index (κ1) is 16.3. The standard InChI is InChI=1S/C18H27N3O2/c1-19-18(22)17-9-8-15(20(17)2)16-7-3-4-10-21(16)12-14-6-5-11-23-13-14/h6,8-9,16H,3-5,7,10-13H2,1-2H3,(H,19,22). The maximum atomic E-state index is 12.0. The number of ether oxygens (including phenoxy) is 1. The van der Waals surface area contributed by atoms with E-state index in [1.807, 2.05) is 17.7 Å². The summed E-state index contributed by atoms with van der Waals surface area (Å²) in [6.07, 6.45) is 7.00. The molecule has 0 aliphatic carbocycles. The van der Waals surface area contributed by atoms with Crippen molar-refractivity contribution in [3.8, 4) is 0 Å². The van der Waals surface area contributed by atoms with Crippen molar-refractivity contribution in [1.29, 1.82) is 0 Å². The first-order valence-electron chi connectivity index (χ1n) is 8.58. The van der Waals surface area contributed by atoms with Gasteiger partial charge in [0.25, 0.3) is 5.91 Å². The Morgan fingerprint density at radius 3 is 3.00 bits per heavy atom. The quantitative estimate of drug-likeness (QED) is 0.867. The third-order valence-electron chi connectivity index (χ3n) is 4.96. The topological polar surface area (TPSA) is 46.5 Å². The Morgan fingerprint density at radius 2 is 2.26 bits per heavy atom. The number of carbonyl (C=O) groups excluding carboxylic acids is 1. The second-order valence-electron chi connectivity index (χ2n) is 6.47. The highest BCUT2D eigenvalue weighted by molar-refractivity contribution is 5.92. The molecule has 2 aliphatic rings. The van der Waals surface area contributed by atoms with Crippen molar-refractivity contribution in [2.45, 2.75) is 31.7 Å². The highest BCUT2D eigenvalue weighted by Gasteiger charge is 2.27. The number of carbonyl (C=O) groups is 1. The van der Waals surface area contributed by atoms with Gasteiger partial charge < -0.3 is 14.6 Å². The van der Waals surface area contributed by atoms with E-state index in [0.29, 0.717) is 6.04 Å². The Kier molecular flexibility index (Phi) is 5.18. The van der Waals surface area contributed by atoms with E-state index >= 15 is 0 Å². The molecule has 23 heavy (non-hydrogen) atoms. The lowest BCUT2D eigenvalue weighted by molar-refractivity contribution is 0.0952. The second kappa shape index (κ2) is 7.32. The number of aromatic nitrogens is 1. The van der Waals surface area contributed by atoms with E-state index in [1.165, 1.54) is 24.1 Å². The molecule has 0 spiro atoms. The highest BCUT2D eigenvalue weighted by atomic mass is 16.5. The first-order valence-corrected chi connectivity index (χ1v) is 8.58. The minimum atomic E-state index is -0.0236. The summed E-state index contributed by atoms with van der Waals surface area (Å²) in [4.78, 5) is 14.5. The van der Waals surface area contributed by atoms with Gasteiger partial charge in [-0.1, -0.05) is 12.5 Å². The van der Waals surface area contributed by atoms with Crippen LogP contribution >= 0.6 is 0 Å². The molecule has 1 fully saturated rings. The van der Waals surface area contributed by atoms with Crippen LogP contribution in [0.25, 0.3) is 0 Å². The Morgan fingerprint density at radius 1 is 1.39 bits per heavy atom. The molecule has 1 saturated heterocycles. The summed E-state index contributed by atoms with van der Waals surface area (Å²) in [5.41, 5.74) is 3.36. The Balaban J connectivity index is 1.79. The van der Waals surface area contributed by atoms with Gasteiger partial charge in [0.05, 0.1) is 19.3 Å². The highest BCUT2D eigenvalue weighted by Crippen LogP contribution is 2.32. The van der Waals surface area contributed by atoms with Crippen LogP contribution in [0.5, 0.6) is 0 Å². The number of nitrogens with one attached hydrogen (secondary N) is 1. The molecule has 1 amide bonds. The summed E-state index contributed by atoms with van der Waals surface area (Å²) in [5.74, 6) is -0.0236. The summed E-state index contributed by atoms with van der Waals surface area (Å²) in [6.45, 7) is 3.70. The van der Waals surface area contributed by atoms with E-state index in [1.54, 1.807) is 7.05 Å². The smallest absolute Gasteiger partial charge is 0.267 e. The molecule has 1 unspecified atom stereocenters. The van der Waals surface area contributed by atoms with Crippen molar-refractivity contribution in [3.63, 3.8) is 0 Å². The molecule has 3 heterocycles. The average molecular weight is 317 g/mol. The average Bonchev–Trinajstić information content (AvgIpc) is 2.97. The van der Waals surface area contributed by atoms with Crippen LogP contribution in [-0.2, 0) is 11.8 Å². The van der Waals surface area contributed by atoms with Gasteiger partial charge in [-0.3, -0.25) is 9.69 Å². The number of hydrogen-bond donors (Lipinski definition) is 1. The SMILES string of the molecule is CNC(=O)c1ccc(C2CCCCN2CC2=CCCOC2)n1C. The van der Waals surface area contributed by atoms with Crippen LogP contribution in [0.4, 0.5) is 0 Å². The summed E-state index contributed by atoms with van der Waals surface area (Å²) in [6, 6.07) is 4.43. The molecular formula is C18H27N3O2. The maximum Gasteiger partial charge on any atom is 0.267 e. The summed E-state index contributed by atoms with van der Waals surface area (Å²) in [7, 11) is 3.67. The zero-order valence-electron chi connectivity index (χ0n) is 14.2. The van der Waals surface area contributed by atoms with Gasteiger partial charge in [0.1, 0.15) is 5.69 Å². The zero-order valence-corrected chi connectivity index (χ0v) is 14.2. The molecule has 0 bridgehead atoms. The Labute approximate surface area is 138 Å². The third kappa shape index (κ3) is 3.51. The Hall–Kier alpha value is -1.59. The molecule has 1 N–H and O–H groups in total. The molecular weight excluding hydrogens is 290 g/mol. The van der Waals surface area contributed by atoms with Crippen LogP contribution < -0.4 is 5.32 Å². The fourth-order valence-electron chi connectivity index (χ4n) is 3.71. The minimum Gasteiger partial charge on any atom is -0.377 e.